The molecule has 1 saturated heterocycles. The minimum Gasteiger partial charge on any atom is -0.480 e. The Morgan fingerprint density at radius 3 is 2.44 bits per heavy atom. The average molecular weight is 229 g/mol. The van der Waals surface area contributed by atoms with Gasteiger partial charge in [-0.15, -0.1) is 0 Å². The molecule has 0 aromatic carbocycles. The maximum atomic E-state index is 11.4. The van der Waals surface area contributed by atoms with Crippen LogP contribution in [0.15, 0.2) is 0 Å². The van der Waals surface area contributed by atoms with Crippen LogP contribution in [0, 0.1) is 0 Å². The van der Waals surface area contributed by atoms with E-state index in [1.807, 2.05) is 6.92 Å². The molecule has 16 heavy (non-hydrogen) atoms. The molecule has 0 saturated carbocycles. The number of amides is 1. The fourth-order valence-corrected chi connectivity index (χ4v) is 2.17. The van der Waals surface area contributed by atoms with Crippen molar-refractivity contribution < 1.29 is 19.4 Å². The van der Waals surface area contributed by atoms with Gasteiger partial charge >= 0.3 is 5.97 Å². The Labute approximate surface area is 95.4 Å². The molecule has 0 aromatic rings. The highest BCUT2D eigenvalue weighted by Crippen LogP contribution is 2.24. The monoisotopic (exact) mass is 229 g/mol. The number of carboxylic acids is 1. The summed E-state index contributed by atoms with van der Waals surface area (Å²) in [6.45, 7) is 5.47. The Morgan fingerprint density at radius 2 is 2.12 bits per heavy atom. The van der Waals surface area contributed by atoms with Crippen molar-refractivity contribution >= 4 is 11.9 Å². The molecule has 0 aliphatic carbocycles. The van der Waals surface area contributed by atoms with E-state index < -0.39 is 12.0 Å². The lowest BCUT2D eigenvalue weighted by Crippen LogP contribution is -2.50. The van der Waals surface area contributed by atoms with Crippen molar-refractivity contribution in [3.05, 3.63) is 0 Å². The number of aliphatic carboxylic acids is 1. The van der Waals surface area contributed by atoms with E-state index in [1.54, 1.807) is 6.92 Å². The zero-order valence-electron chi connectivity index (χ0n) is 9.97. The molecular formula is C11H19NO4. The average Bonchev–Trinajstić information content (AvgIpc) is 2.59. The van der Waals surface area contributed by atoms with Crippen LogP contribution < -0.4 is 0 Å². The molecule has 1 N–H and O–H groups in total. The standard InChI is InChI=1S/C11H19NO4/c1-4-12(8(3)13)10(11(14)15)9-6-5-7(2)16-9/h7,9-10H,4-6H2,1-3H3,(H,14,15). The Hall–Kier alpha value is -1.10. The Balaban J connectivity index is 2.81. The first-order chi connectivity index (χ1) is 7.47. The van der Waals surface area contributed by atoms with Crippen LogP contribution in [0.3, 0.4) is 0 Å². The maximum absolute atomic E-state index is 11.4. The molecule has 1 heterocycles. The van der Waals surface area contributed by atoms with Crippen molar-refractivity contribution in [2.75, 3.05) is 6.54 Å². The van der Waals surface area contributed by atoms with Gasteiger partial charge < -0.3 is 14.7 Å². The number of carboxylic acid groups (broad SMARTS) is 1. The van der Waals surface area contributed by atoms with Gasteiger partial charge in [0.15, 0.2) is 6.04 Å². The first-order valence-corrected chi connectivity index (χ1v) is 5.62. The first kappa shape index (κ1) is 13.0. The molecule has 3 atom stereocenters. The number of carbonyl (C=O) groups excluding carboxylic acids is 1. The largest absolute Gasteiger partial charge is 0.480 e. The number of likely N-dealkylation sites (N-methyl/N-ethyl adjacent to an activating group) is 1. The highest BCUT2D eigenvalue weighted by Gasteiger charge is 2.38. The van der Waals surface area contributed by atoms with Crippen molar-refractivity contribution in [3.8, 4) is 0 Å². The van der Waals surface area contributed by atoms with Gasteiger partial charge in [-0.25, -0.2) is 4.79 Å². The first-order valence-electron chi connectivity index (χ1n) is 5.62. The topological polar surface area (TPSA) is 66.8 Å². The Kier molecular flexibility index (Phi) is 4.29. The molecule has 3 unspecified atom stereocenters. The summed E-state index contributed by atoms with van der Waals surface area (Å²) in [4.78, 5) is 23.9. The van der Waals surface area contributed by atoms with Gasteiger partial charge in [-0.05, 0) is 26.7 Å². The van der Waals surface area contributed by atoms with Crippen LogP contribution in [0.4, 0.5) is 0 Å². The third-order valence-corrected chi connectivity index (χ3v) is 2.95. The van der Waals surface area contributed by atoms with E-state index in [-0.39, 0.29) is 18.1 Å². The molecule has 5 nitrogen and oxygen atoms in total. The number of ether oxygens (including phenoxy) is 1. The Morgan fingerprint density at radius 1 is 1.50 bits per heavy atom. The van der Waals surface area contributed by atoms with Gasteiger partial charge in [0.25, 0.3) is 0 Å². The SMILES string of the molecule is CCN(C(C)=O)C(C(=O)O)C1CCC(C)O1. The van der Waals surface area contributed by atoms with E-state index in [0.29, 0.717) is 13.0 Å². The fraction of sp³-hybridized carbons (Fsp3) is 0.818. The summed E-state index contributed by atoms with van der Waals surface area (Å²) in [6, 6.07) is -0.854. The predicted octanol–water partition coefficient (Wildman–Crippen LogP) is 0.875. The molecule has 1 amide bonds. The predicted molar refractivity (Wildman–Crippen MR) is 58.1 cm³/mol. The van der Waals surface area contributed by atoms with Crippen molar-refractivity contribution in [1.29, 1.82) is 0 Å². The quantitative estimate of drug-likeness (QED) is 0.777. The van der Waals surface area contributed by atoms with Crippen LogP contribution in [-0.2, 0) is 14.3 Å². The van der Waals surface area contributed by atoms with Crippen LogP contribution in [0.1, 0.15) is 33.6 Å². The summed E-state index contributed by atoms with van der Waals surface area (Å²) in [6.07, 6.45) is 1.25. The summed E-state index contributed by atoms with van der Waals surface area (Å²) >= 11 is 0. The van der Waals surface area contributed by atoms with Crippen molar-refractivity contribution in [1.82, 2.24) is 4.90 Å². The van der Waals surface area contributed by atoms with E-state index in [1.165, 1.54) is 11.8 Å². The second kappa shape index (κ2) is 5.30. The van der Waals surface area contributed by atoms with Crippen LogP contribution in [0.2, 0.25) is 0 Å². The van der Waals surface area contributed by atoms with Crippen molar-refractivity contribution in [2.24, 2.45) is 0 Å². The number of carbonyl (C=O) groups is 2. The summed E-state index contributed by atoms with van der Waals surface area (Å²) in [5.41, 5.74) is 0. The Bertz CT molecular complexity index is 279. The zero-order chi connectivity index (χ0) is 12.3. The second-order valence-corrected chi connectivity index (χ2v) is 4.15. The van der Waals surface area contributed by atoms with E-state index in [2.05, 4.69) is 0 Å². The minimum absolute atomic E-state index is 0.0810. The summed E-state index contributed by atoms with van der Waals surface area (Å²) in [5, 5.41) is 9.20. The van der Waals surface area contributed by atoms with Gasteiger partial charge in [-0.3, -0.25) is 4.79 Å². The molecule has 1 fully saturated rings. The lowest BCUT2D eigenvalue weighted by atomic mass is 10.1. The van der Waals surface area contributed by atoms with E-state index in [0.717, 1.165) is 6.42 Å². The molecule has 1 aliphatic heterocycles. The van der Waals surface area contributed by atoms with E-state index in [4.69, 9.17) is 4.74 Å². The van der Waals surface area contributed by atoms with Gasteiger partial charge in [0, 0.05) is 13.5 Å². The maximum Gasteiger partial charge on any atom is 0.329 e. The van der Waals surface area contributed by atoms with Gasteiger partial charge in [-0.1, -0.05) is 0 Å². The number of hydrogen-bond donors (Lipinski definition) is 1. The molecule has 0 aromatic heterocycles. The van der Waals surface area contributed by atoms with Crippen molar-refractivity contribution in [2.45, 2.75) is 51.9 Å². The normalized spacial score (nSPS) is 26.4. The third-order valence-electron chi connectivity index (χ3n) is 2.95. The fourth-order valence-electron chi connectivity index (χ4n) is 2.17. The highest BCUT2D eigenvalue weighted by atomic mass is 16.5. The molecular weight excluding hydrogens is 210 g/mol. The number of rotatable bonds is 4. The van der Waals surface area contributed by atoms with Crippen LogP contribution in [-0.4, -0.2) is 46.7 Å². The van der Waals surface area contributed by atoms with Crippen LogP contribution >= 0.6 is 0 Å². The van der Waals surface area contributed by atoms with Gasteiger partial charge in [0.1, 0.15) is 0 Å². The third kappa shape index (κ3) is 2.72. The summed E-state index contributed by atoms with van der Waals surface area (Å²) < 4.78 is 5.54. The van der Waals surface area contributed by atoms with Gasteiger partial charge in [-0.2, -0.15) is 0 Å². The molecule has 0 bridgehead atoms. The number of nitrogens with zero attached hydrogens (tertiary/aromatic N) is 1. The molecule has 1 rings (SSSR count). The summed E-state index contributed by atoms with van der Waals surface area (Å²) in [7, 11) is 0. The van der Waals surface area contributed by atoms with E-state index >= 15 is 0 Å². The summed E-state index contributed by atoms with van der Waals surface area (Å²) in [5.74, 6) is -1.21. The van der Waals surface area contributed by atoms with E-state index in [9.17, 15) is 14.7 Å². The molecule has 0 radical (unpaired) electrons. The van der Waals surface area contributed by atoms with Crippen LogP contribution in [0.5, 0.6) is 0 Å². The second-order valence-electron chi connectivity index (χ2n) is 4.15. The number of hydrogen-bond acceptors (Lipinski definition) is 3. The lowest BCUT2D eigenvalue weighted by Gasteiger charge is -2.30. The zero-order valence-corrected chi connectivity index (χ0v) is 9.97. The molecule has 1 aliphatic rings. The molecule has 5 heteroatoms. The van der Waals surface area contributed by atoms with Crippen LogP contribution in [0.25, 0.3) is 0 Å². The molecule has 92 valence electrons. The highest BCUT2D eigenvalue weighted by molar-refractivity contribution is 5.82. The lowest BCUT2D eigenvalue weighted by molar-refractivity contribution is -0.155. The van der Waals surface area contributed by atoms with Gasteiger partial charge in [0.05, 0.1) is 12.2 Å². The van der Waals surface area contributed by atoms with Gasteiger partial charge in [0.2, 0.25) is 5.91 Å². The molecule has 0 spiro atoms. The smallest absolute Gasteiger partial charge is 0.329 e. The van der Waals surface area contributed by atoms with Crippen molar-refractivity contribution in [3.63, 3.8) is 0 Å². The minimum atomic E-state index is -0.990.